The number of aromatic nitrogens is 2. The highest BCUT2D eigenvalue weighted by Gasteiger charge is 2.12. The molecule has 29 heavy (non-hydrogen) atoms. The number of aromatic amines is 1. The second-order valence-corrected chi connectivity index (χ2v) is 8.27. The lowest BCUT2D eigenvalue weighted by Gasteiger charge is -2.08. The van der Waals surface area contributed by atoms with Crippen LogP contribution in [0.1, 0.15) is 28.7 Å². The van der Waals surface area contributed by atoms with Crippen LogP contribution in [0.4, 0.5) is 0 Å². The third kappa shape index (κ3) is 4.08. The molecule has 0 amide bonds. The first-order valence-corrected chi connectivity index (χ1v) is 10.9. The number of nitrogens with one attached hydrogen (secondary N) is 1. The lowest BCUT2D eigenvalue weighted by Crippen LogP contribution is -1.96. The number of rotatable bonds is 6. The van der Waals surface area contributed by atoms with Crippen LogP contribution in [0, 0.1) is 0 Å². The van der Waals surface area contributed by atoms with Crippen LogP contribution in [0.5, 0.6) is 5.75 Å². The molecule has 2 aromatic heterocycles. The lowest BCUT2D eigenvalue weighted by atomic mass is 10.0. The van der Waals surface area contributed by atoms with Gasteiger partial charge in [0.25, 0.3) is 0 Å². The Balaban J connectivity index is 1.36. The normalized spacial score (nSPS) is 13.6. The molecule has 0 radical (unpaired) electrons. The van der Waals surface area contributed by atoms with Crippen molar-refractivity contribution in [3.63, 3.8) is 0 Å². The Morgan fingerprint density at radius 2 is 1.90 bits per heavy atom. The highest BCUT2D eigenvalue weighted by Crippen LogP contribution is 2.32. The summed E-state index contributed by atoms with van der Waals surface area (Å²) in [5.74, 6) is 2.07. The number of fused-ring (bicyclic) bond motifs is 1. The molecule has 1 aliphatic heterocycles. The number of thioether (sulfide) groups is 1. The van der Waals surface area contributed by atoms with Crippen molar-refractivity contribution >= 4 is 28.4 Å². The van der Waals surface area contributed by atoms with Gasteiger partial charge in [-0.15, -0.1) is 11.8 Å². The Bertz CT molecular complexity index is 1160. The van der Waals surface area contributed by atoms with Gasteiger partial charge in [0.05, 0.1) is 0 Å². The standard InChI is InChI=1S/C25H22N2OS/c1-2-5-18(6-3-1)16-28-23-8-4-7-19(12-23)11-22-15-27-25-24(22)13-21(14-26-25)20-9-10-29-17-20/h1-8,12-15,17H,9-11,16H2,(H,26,27). The Hall–Kier alpha value is -2.98. The number of hydrogen-bond acceptors (Lipinski definition) is 3. The van der Waals surface area contributed by atoms with Crippen molar-refractivity contribution in [3.05, 3.63) is 101 Å². The monoisotopic (exact) mass is 398 g/mol. The van der Waals surface area contributed by atoms with Crippen LogP contribution >= 0.6 is 11.8 Å². The fourth-order valence-corrected chi connectivity index (χ4v) is 4.60. The minimum atomic E-state index is 0.581. The third-order valence-electron chi connectivity index (χ3n) is 5.24. The summed E-state index contributed by atoms with van der Waals surface area (Å²) in [7, 11) is 0. The number of hydrogen-bond donors (Lipinski definition) is 1. The second-order valence-electron chi connectivity index (χ2n) is 7.30. The zero-order chi connectivity index (χ0) is 19.5. The molecular weight excluding hydrogens is 376 g/mol. The molecule has 1 aliphatic rings. The Morgan fingerprint density at radius 1 is 1.00 bits per heavy atom. The molecule has 0 fully saturated rings. The molecule has 1 N–H and O–H groups in total. The van der Waals surface area contributed by atoms with Crippen molar-refractivity contribution in [1.82, 2.24) is 9.97 Å². The first-order chi connectivity index (χ1) is 14.3. The molecule has 5 rings (SSSR count). The van der Waals surface area contributed by atoms with Crippen molar-refractivity contribution in [2.45, 2.75) is 19.4 Å². The molecule has 3 nitrogen and oxygen atoms in total. The van der Waals surface area contributed by atoms with Gasteiger partial charge in [-0.2, -0.15) is 0 Å². The molecule has 0 unspecified atom stereocenters. The predicted molar refractivity (Wildman–Crippen MR) is 121 cm³/mol. The van der Waals surface area contributed by atoms with E-state index in [2.05, 4.69) is 58.0 Å². The maximum atomic E-state index is 6.00. The molecule has 2 aromatic carbocycles. The Labute approximate surface area is 174 Å². The zero-order valence-corrected chi connectivity index (χ0v) is 16.9. The van der Waals surface area contributed by atoms with Crippen LogP contribution in [0.2, 0.25) is 0 Å². The van der Waals surface area contributed by atoms with Crippen LogP contribution in [-0.2, 0) is 13.0 Å². The Morgan fingerprint density at radius 3 is 2.76 bits per heavy atom. The highest BCUT2D eigenvalue weighted by molar-refractivity contribution is 8.02. The topological polar surface area (TPSA) is 37.9 Å². The fraction of sp³-hybridized carbons (Fsp3) is 0.160. The second kappa shape index (κ2) is 8.18. The minimum Gasteiger partial charge on any atom is -0.489 e. The predicted octanol–water partition coefficient (Wildman–Crippen LogP) is 6.21. The van der Waals surface area contributed by atoms with Crippen LogP contribution < -0.4 is 4.74 Å². The summed E-state index contributed by atoms with van der Waals surface area (Å²) in [6.07, 6.45) is 6.04. The van der Waals surface area contributed by atoms with Gasteiger partial charge in [0.15, 0.2) is 0 Å². The van der Waals surface area contributed by atoms with Gasteiger partial charge >= 0.3 is 0 Å². The molecule has 0 atom stereocenters. The maximum Gasteiger partial charge on any atom is 0.137 e. The van der Waals surface area contributed by atoms with Gasteiger partial charge in [-0.1, -0.05) is 42.5 Å². The Kier molecular flexibility index (Phi) is 5.10. The van der Waals surface area contributed by atoms with Crippen molar-refractivity contribution in [2.24, 2.45) is 0 Å². The largest absolute Gasteiger partial charge is 0.489 e. The number of benzene rings is 2. The number of H-pyrrole nitrogens is 1. The van der Waals surface area contributed by atoms with E-state index in [9.17, 15) is 0 Å². The van der Waals surface area contributed by atoms with Crippen LogP contribution in [-0.4, -0.2) is 15.7 Å². The van der Waals surface area contributed by atoms with E-state index in [0.29, 0.717) is 6.61 Å². The molecule has 0 spiro atoms. The van der Waals surface area contributed by atoms with Gasteiger partial charge < -0.3 is 9.72 Å². The highest BCUT2D eigenvalue weighted by atomic mass is 32.2. The van der Waals surface area contributed by atoms with E-state index >= 15 is 0 Å². The van der Waals surface area contributed by atoms with Gasteiger partial charge in [-0.3, -0.25) is 0 Å². The maximum absolute atomic E-state index is 6.00. The van der Waals surface area contributed by atoms with E-state index in [1.54, 1.807) is 0 Å². The average molecular weight is 399 g/mol. The van der Waals surface area contributed by atoms with E-state index in [4.69, 9.17) is 4.74 Å². The molecule has 0 saturated heterocycles. The van der Waals surface area contributed by atoms with E-state index in [1.165, 1.54) is 39.0 Å². The van der Waals surface area contributed by atoms with E-state index in [0.717, 1.165) is 24.2 Å². The summed E-state index contributed by atoms with van der Waals surface area (Å²) in [5, 5.41) is 3.47. The van der Waals surface area contributed by atoms with Gasteiger partial charge in [0.1, 0.15) is 18.0 Å². The average Bonchev–Trinajstić information content (AvgIpc) is 3.44. The molecule has 0 aliphatic carbocycles. The fourth-order valence-electron chi connectivity index (χ4n) is 3.69. The molecule has 4 heteroatoms. The summed E-state index contributed by atoms with van der Waals surface area (Å²) in [6, 6.07) is 20.9. The molecule has 3 heterocycles. The minimum absolute atomic E-state index is 0.581. The van der Waals surface area contributed by atoms with E-state index in [1.807, 2.05) is 42.2 Å². The van der Waals surface area contributed by atoms with E-state index in [-0.39, 0.29) is 0 Å². The molecule has 144 valence electrons. The SMILES string of the molecule is C1=C(c2cnc3[nH]cc(Cc4cccc(OCc5ccccc5)c4)c3c2)CCS1. The third-order valence-corrected chi connectivity index (χ3v) is 6.13. The molecule has 4 aromatic rings. The van der Waals surface area contributed by atoms with Gasteiger partial charge in [-0.25, -0.2) is 4.98 Å². The van der Waals surface area contributed by atoms with Gasteiger partial charge in [0.2, 0.25) is 0 Å². The summed E-state index contributed by atoms with van der Waals surface area (Å²) in [5.41, 5.74) is 7.26. The van der Waals surface area contributed by atoms with Crippen molar-refractivity contribution in [1.29, 1.82) is 0 Å². The summed E-state index contributed by atoms with van der Waals surface area (Å²) >= 11 is 1.88. The van der Waals surface area contributed by atoms with Gasteiger partial charge in [0, 0.05) is 23.5 Å². The summed E-state index contributed by atoms with van der Waals surface area (Å²) in [4.78, 5) is 7.96. The van der Waals surface area contributed by atoms with Gasteiger partial charge in [-0.05, 0) is 64.3 Å². The van der Waals surface area contributed by atoms with Crippen molar-refractivity contribution in [2.75, 3.05) is 5.75 Å². The molecule has 0 bridgehead atoms. The number of allylic oxidation sites excluding steroid dienone is 1. The number of nitrogens with zero attached hydrogens (tertiary/aromatic N) is 1. The summed E-state index contributed by atoms with van der Waals surface area (Å²) in [6.45, 7) is 0.581. The first kappa shape index (κ1) is 18.1. The van der Waals surface area contributed by atoms with Crippen LogP contribution in [0.25, 0.3) is 16.6 Å². The van der Waals surface area contributed by atoms with E-state index < -0.39 is 0 Å². The molecule has 0 saturated carbocycles. The quantitative estimate of drug-likeness (QED) is 0.419. The van der Waals surface area contributed by atoms with Crippen molar-refractivity contribution in [3.8, 4) is 5.75 Å². The summed E-state index contributed by atoms with van der Waals surface area (Å²) < 4.78 is 6.00. The smallest absolute Gasteiger partial charge is 0.137 e. The van der Waals surface area contributed by atoms with Crippen LogP contribution in [0.3, 0.4) is 0 Å². The van der Waals surface area contributed by atoms with Crippen LogP contribution in [0.15, 0.2) is 78.5 Å². The number of ether oxygens (including phenoxy) is 1. The first-order valence-electron chi connectivity index (χ1n) is 9.88. The molecular formula is C25H22N2OS. The number of pyridine rings is 1. The zero-order valence-electron chi connectivity index (χ0n) is 16.1. The van der Waals surface area contributed by atoms with Crippen molar-refractivity contribution < 1.29 is 4.74 Å². The lowest BCUT2D eigenvalue weighted by molar-refractivity contribution is 0.306.